The highest BCUT2D eigenvalue weighted by Gasteiger charge is 2.06. The second-order valence-electron chi connectivity index (χ2n) is 2.06. The van der Waals surface area contributed by atoms with Crippen LogP contribution in [-0.4, -0.2) is 10.2 Å². The van der Waals surface area contributed by atoms with Crippen molar-refractivity contribution in [1.29, 1.82) is 0 Å². The first-order valence-corrected chi connectivity index (χ1v) is 2.80. The normalized spacial score (nSPS) is 9.80. The Balaban J connectivity index is 3.34. The van der Waals surface area contributed by atoms with Gasteiger partial charge in [0.1, 0.15) is 0 Å². The van der Waals surface area contributed by atoms with Crippen molar-refractivity contribution < 1.29 is 14.6 Å². The van der Waals surface area contributed by atoms with Crippen molar-refractivity contribution >= 4 is 0 Å². The van der Waals surface area contributed by atoms with E-state index in [9.17, 15) is 4.39 Å². The van der Waals surface area contributed by atoms with Gasteiger partial charge in [0.15, 0.2) is 17.3 Å². The van der Waals surface area contributed by atoms with E-state index in [0.29, 0.717) is 5.56 Å². The highest BCUT2D eigenvalue weighted by molar-refractivity contribution is 5.44. The number of phenols is 2. The summed E-state index contributed by atoms with van der Waals surface area (Å²) < 4.78 is 12.3. The molecule has 1 rings (SSSR count). The predicted octanol–water partition coefficient (Wildman–Crippen LogP) is 1.55. The van der Waals surface area contributed by atoms with Gasteiger partial charge < -0.3 is 10.2 Å². The molecule has 0 bridgehead atoms. The molecule has 3 heteroatoms. The molecular weight excluding hydrogens is 135 g/mol. The minimum atomic E-state index is -0.803. The molecule has 0 atom stereocenters. The monoisotopic (exact) mass is 142 g/mol. The molecule has 0 spiro atoms. The maximum absolute atomic E-state index is 12.3. The zero-order valence-electron chi connectivity index (χ0n) is 5.43. The molecule has 1 aromatic rings. The number of phenolic OH excluding ortho intramolecular Hbond substituents is 2. The number of rotatable bonds is 0. The number of aromatic hydroxyl groups is 2. The van der Waals surface area contributed by atoms with Crippen LogP contribution in [0, 0.1) is 12.7 Å². The van der Waals surface area contributed by atoms with Crippen molar-refractivity contribution in [1.82, 2.24) is 0 Å². The topological polar surface area (TPSA) is 40.5 Å². The zero-order valence-corrected chi connectivity index (χ0v) is 5.43. The summed E-state index contributed by atoms with van der Waals surface area (Å²) in [5.41, 5.74) is 0.457. The smallest absolute Gasteiger partial charge is 0.194 e. The second-order valence-corrected chi connectivity index (χ2v) is 2.06. The van der Waals surface area contributed by atoms with Crippen molar-refractivity contribution in [3.63, 3.8) is 0 Å². The van der Waals surface area contributed by atoms with E-state index in [0.717, 1.165) is 6.07 Å². The van der Waals surface area contributed by atoms with Gasteiger partial charge in [-0.25, -0.2) is 4.39 Å². The molecule has 0 unspecified atom stereocenters. The van der Waals surface area contributed by atoms with Crippen molar-refractivity contribution in [3.8, 4) is 11.5 Å². The van der Waals surface area contributed by atoms with Crippen LogP contribution >= 0.6 is 0 Å². The van der Waals surface area contributed by atoms with E-state index in [4.69, 9.17) is 10.2 Å². The van der Waals surface area contributed by atoms with Crippen LogP contribution in [0.5, 0.6) is 11.5 Å². The van der Waals surface area contributed by atoms with E-state index >= 15 is 0 Å². The summed E-state index contributed by atoms with van der Waals surface area (Å²) in [5.74, 6) is -1.87. The summed E-state index contributed by atoms with van der Waals surface area (Å²) in [7, 11) is 0. The highest BCUT2D eigenvalue weighted by atomic mass is 19.1. The first kappa shape index (κ1) is 6.86. The Labute approximate surface area is 57.6 Å². The molecule has 0 radical (unpaired) electrons. The van der Waals surface area contributed by atoms with E-state index in [2.05, 4.69) is 0 Å². The molecular formula is C7H7FO2. The minimum Gasteiger partial charge on any atom is -0.504 e. The maximum Gasteiger partial charge on any atom is 0.194 e. The Hall–Kier alpha value is -1.25. The molecule has 10 heavy (non-hydrogen) atoms. The fourth-order valence-electron chi connectivity index (χ4n) is 0.656. The minimum absolute atomic E-state index is 0.389. The number of hydrogen-bond donors (Lipinski definition) is 2. The quantitative estimate of drug-likeness (QED) is 0.539. The summed E-state index contributed by atoms with van der Waals surface area (Å²) in [5, 5.41) is 17.7. The summed E-state index contributed by atoms with van der Waals surface area (Å²) >= 11 is 0. The molecule has 0 aromatic heterocycles. The van der Waals surface area contributed by atoms with Gasteiger partial charge in [-0.1, -0.05) is 6.07 Å². The summed E-state index contributed by atoms with van der Waals surface area (Å²) in [6.45, 7) is 1.58. The van der Waals surface area contributed by atoms with Gasteiger partial charge in [0.25, 0.3) is 0 Å². The maximum atomic E-state index is 12.3. The van der Waals surface area contributed by atoms with E-state index in [1.165, 1.54) is 6.07 Å². The standard InChI is InChI=1S/C7H7FO2/c1-4-2-3-5(8)7(10)6(4)9/h2-3,9-10H,1H3. The van der Waals surface area contributed by atoms with Crippen LogP contribution in [0.2, 0.25) is 0 Å². The van der Waals surface area contributed by atoms with E-state index in [1.807, 2.05) is 0 Å². The molecule has 0 fully saturated rings. The van der Waals surface area contributed by atoms with Crippen LogP contribution in [-0.2, 0) is 0 Å². The summed E-state index contributed by atoms with van der Waals surface area (Å²) in [6.07, 6.45) is 0. The molecule has 1 aromatic carbocycles. The van der Waals surface area contributed by atoms with E-state index < -0.39 is 11.6 Å². The van der Waals surface area contributed by atoms with Gasteiger partial charge in [-0.15, -0.1) is 0 Å². The second kappa shape index (κ2) is 2.17. The number of benzene rings is 1. The van der Waals surface area contributed by atoms with Gasteiger partial charge in [0.05, 0.1) is 0 Å². The van der Waals surface area contributed by atoms with Crippen molar-refractivity contribution in [3.05, 3.63) is 23.5 Å². The van der Waals surface area contributed by atoms with Crippen LogP contribution in [0.25, 0.3) is 0 Å². The van der Waals surface area contributed by atoms with Crippen molar-refractivity contribution in [2.45, 2.75) is 6.92 Å². The predicted molar refractivity (Wildman–Crippen MR) is 34.5 cm³/mol. The fraction of sp³-hybridized carbons (Fsp3) is 0.143. The fourth-order valence-corrected chi connectivity index (χ4v) is 0.656. The van der Waals surface area contributed by atoms with Crippen molar-refractivity contribution in [2.75, 3.05) is 0 Å². The highest BCUT2D eigenvalue weighted by Crippen LogP contribution is 2.30. The molecule has 54 valence electrons. The first-order valence-electron chi connectivity index (χ1n) is 2.80. The first-order chi connectivity index (χ1) is 4.63. The zero-order chi connectivity index (χ0) is 7.72. The molecule has 2 N–H and O–H groups in total. The molecule has 0 heterocycles. The van der Waals surface area contributed by atoms with Crippen LogP contribution in [0.1, 0.15) is 5.56 Å². The average molecular weight is 142 g/mol. The lowest BCUT2D eigenvalue weighted by Crippen LogP contribution is -1.79. The van der Waals surface area contributed by atoms with Crippen LogP contribution in [0.15, 0.2) is 12.1 Å². The van der Waals surface area contributed by atoms with E-state index in [-0.39, 0.29) is 5.75 Å². The Morgan fingerprint density at radius 3 is 2.30 bits per heavy atom. The van der Waals surface area contributed by atoms with Gasteiger partial charge >= 0.3 is 0 Å². The van der Waals surface area contributed by atoms with Gasteiger partial charge in [-0.3, -0.25) is 0 Å². The van der Waals surface area contributed by atoms with Crippen LogP contribution in [0.3, 0.4) is 0 Å². The lowest BCUT2D eigenvalue weighted by Gasteiger charge is -2.00. The third kappa shape index (κ3) is 0.900. The lowest BCUT2D eigenvalue weighted by atomic mass is 10.2. The Morgan fingerprint density at radius 1 is 1.20 bits per heavy atom. The van der Waals surface area contributed by atoms with Gasteiger partial charge in [-0.05, 0) is 18.6 Å². The molecule has 0 aliphatic heterocycles. The largest absolute Gasteiger partial charge is 0.504 e. The Kier molecular flexibility index (Phi) is 1.49. The molecule has 0 aliphatic rings. The third-order valence-corrected chi connectivity index (χ3v) is 1.30. The number of hydrogen-bond acceptors (Lipinski definition) is 2. The van der Waals surface area contributed by atoms with Gasteiger partial charge in [0.2, 0.25) is 0 Å². The molecule has 0 saturated heterocycles. The van der Waals surface area contributed by atoms with E-state index in [1.54, 1.807) is 6.92 Å². The summed E-state index contributed by atoms with van der Waals surface area (Å²) in [6, 6.07) is 2.49. The SMILES string of the molecule is Cc1ccc(F)c(O)c1O. The molecule has 0 amide bonds. The number of aryl methyl sites for hydroxylation is 1. The Bertz CT molecular complexity index is 231. The molecule has 0 aliphatic carbocycles. The third-order valence-electron chi connectivity index (χ3n) is 1.30. The average Bonchev–Trinajstić information content (AvgIpc) is 1.93. The van der Waals surface area contributed by atoms with Gasteiger partial charge in [-0.2, -0.15) is 0 Å². The van der Waals surface area contributed by atoms with Crippen molar-refractivity contribution in [2.24, 2.45) is 0 Å². The summed E-state index contributed by atoms with van der Waals surface area (Å²) in [4.78, 5) is 0. The molecule has 2 nitrogen and oxygen atoms in total. The molecule has 0 saturated carbocycles. The Morgan fingerprint density at radius 2 is 1.80 bits per heavy atom. The lowest BCUT2D eigenvalue weighted by molar-refractivity contribution is 0.377. The number of halogens is 1. The van der Waals surface area contributed by atoms with Gasteiger partial charge in [0, 0.05) is 0 Å². The van der Waals surface area contributed by atoms with Crippen LogP contribution in [0.4, 0.5) is 4.39 Å². The van der Waals surface area contributed by atoms with Crippen LogP contribution < -0.4 is 0 Å².